The molecule has 0 atom stereocenters. The van der Waals surface area contributed by atoms with Crippen molar-refractivity contribution < 1.29 is 5.11 Å². The number of aliphatic hydroxyl groups is 1. The number of rotatable bonds is 3. The molecule has 3 N–H and O–H groups in total. The molecular formula is C14H17N3O. The molecule has 1 aliphatic carbocycles. The third-order valence-electron chi connectivity index (χ3n) is 3.95. The highest BCUT2D eigenvalue weighted by Crippen LogP contribution is 2.47. The number of aryl methyl sites for hydroxylation is 1. The molecule has 0 unspecified atom stereocenters. The van der Waals surface area contributed by atoms with Gasteiger partial charge < -0.3 is 10.8 Å². The molecule has 2 aromatic rings. The molecule has 1 aromatic carbocycles. The van der Waals surface area contributed by atoms with Crippen LogP contribution in [-0.2, 0) is 12.5 Å². The standard InChI is InChI=1S/C14H17N3O/c1-17-13(15)12(8-16-17)10-2-4-11(5-3-10)14(9-18)6-7-14/h2-5,8,18H,6-7,9,15H2,1H3. The van der Waals surface area contributed by atoms with Crippen LogP contribution in [0.2, 0.25) is 0 Å². The summed E-state index contributed by atoms with van der Waals surface area (Å²) in [4.78, 5) is 0. The van der Waals surface area contributed by atoms with Crippen molar-refractivity contribution in [2.24, 2.45) is 7.05 Å². The minimum absolute atomic E-state index is 0.0268. The van der Waals surface area contributed by atoms with Crippen LogP contribution in [-0.4, -0.2) is 21.5 Å². The molecule has 4 heteroatoms. The van der Waals surface area contributed by atoms with E-state index in [2.05, 4.69) is 29.4 Å². The van der Waals surface area contributed by atoms with Gasteiger partial charge in [-0.3, -0.25) is 4.68 Å². The van der Waals surface area contributed by atoms with Gasteiger partial charge in [-0.2, -0.15) is 5.10 Å². The third-order valence-corrected chi connectivity index (χ3v) is 3.95. The predicted octanol–water partition coefficient (Wildman–Crippen LogP) is 1.69. The summed E-state index contributed by atoms with van der Waals surface area (Å²) >= 11 is 0. The van der Waals surface area contributed by atoms with Crippen molar-refractivity contribution >= 4 is 5.82 Å². The molecule has 0 spiro atoms. The molecule has 1 heterocycles. The highest BCUT2D eigenvalue weighted by atomic mass is 16.3. The lowest BCUT2D eigenvalue weighted by molar-refractivity contribution is 0.255. The van der Waals surface area contributed by atoms with Crippen molar-refractivity contribution in [3.8, 4) is 11.1 Å². The average Bonchev–Trinajstić information content (AvgIpc) is 3.14. The molecule has 1 fully saturated rings. The van der Waals surface area contributed by atoms with E-state index in [4.69, 9.17) is 5.73 Å². The molecule has 1 aromatic heterocycles. The zero-order valence-corrected chi connectivity index (χ0v) is 10.4. The minimum Gasteiger partial charge on any atom is -0.395 e. The second-order valence-electron chi connectivity index (χ2n) is 5.08. The SMILES string of the molecule is Cn1ncc(-c2ccc(C3(CO)CC3)cc2)c1N. The van der Waals surface area contributed by atoms with Crippen molar-refractivity contribution in [3.63, 3.8) is 0 Å². The first-order valence-corrected chi connectivity index (χ1v) is 6.15. The van der Waals surface area contributed by atoms with Crippen LogP contribution >= 0.6 is 0 Å². The van der Waals surface area contributed by atoms with Crippen LogP contribution in [0.3, 0.4) is 0 Å². The summed E-state index contributed by atoms with van der Waals surface area (Å²) in [5.74, 6) is 0.672. The van der Waals surface area contributed by atoms with E-state index in [9.17, 15) is 5.11 Å². The molecule has 0 bridgehead atoms. The average molecular weight is 243 g/mol. The van der Waals surface area contributed by atoms with Crippen LogP contribution < -0.4 is 5.73 Å². The summed E-state index contributed by atoms with van der Waals surface area (Å²) < 4.78 is 1.67. The van der Waals surface area contributed by atoms with Gasteiger partial charge in [-0.05, 0) is 24.0 Å². The molecule has 94 valence electrons. The lowest BCUT2D eigenvalue weighted by Gasteiger charge is -2.12. The molecule has 0 radical (unpaired) electrons. The molecular weight excluding hydrogens is 226 g/mol. The van der Waals surface area contributed by atoms with Gasteiger partial charge in [-0.15, -0.1) is 0 Å². The largest absolute Gasteiger partial charge is 0.395 e. The van der Waals surface area contributed by atoms with Gasteiger partial charge in [0.2, 0.25) is 0 Å². The first kappa shape index (κ1) is 11.3. The molecule has 4 nitrogen and oxygen atoms in total. The smallest absolute Gasteiger partial charge is 0.129 e. The van der Waals surface area contributed by atoms with E-state index in [1.807, 2.05) is 7.05 Å². The zero-order valence-electron chi connectivity index (χ0n) is 10.4. The van der Waals surface area contributed by atoms with Gasteiger partial charge in [0.1, 0.15) is 5.82 Å². The van der Waals surface area contributed by atoms with Crippen LogP contribution in [0.1, 0.15) is 18.4 Å². The monoisotopic (exact) mass is 243 g/mol. The van der Waals surface area contributed by atoms with Crippen molar-refractivity contribution in [2.75, 3.05) is 12.3 Å². The Hall–Kier alpha value is -1.81. The Kier molecular flexibility index (Phi) is 2.41. The lowest BCUT2D eigenvalue weighted by atomic mass is 9.95. The first-order chi connectivity index (χ1) is 8.66. The number of nitrogens with two attached hydrogens (primary N) is 1. The fourth-order valence-corrected chi connectivity index (χ4v) is 2.36. The van der Waals surface area contributed by atoms with Crippen molar-refractivity contribution in [2.45, 2.75) is 18.3 Å². The van der Waals surface area contributed by atoms with Crippen molar-refractivity contribution in [3.05, 3.63) is 36.0 Å². The predicted molar refractivity (Wildman–Crippen MR) is 71.1 cm³/mol. The summed E-state index contributed by atoms with van der Waals surface area (Å²) in [6.45, 7) is 0.237. The second kappa shape index (κ2) is 3.85. The van der Waals surface area contributed by atoms with E-state index in [0.717, 1.165) is 24.0 Å². The fraction of sp³-hybridized carbons (Fsp3) is 0.357. The topological polar surface area (TPSA) is 64.1 Å². The van der Waals surface area contributed by atoms with E-state index in [0.29, 0.717) is 5.82 Å². The fourth-order valence-electron chi connectivity index (χ4n) is 2.36. The molecule has 0 amide bonds. The highest BCUT2D eigenvalue weighted by Gasteiger charge is 2.43. The van der Waals surface area contributed by atoms with Crippen LogP contribution in [0.5, 0.6) is 0 Å². The Morgan fingerprint density at radius 2 is 2.00 bits per heavy atom. The van der Waals surface area contributed by atoms with Crippen LogP contribution in [0.15, 0.2) is 30.5 Å². The highest BCUT2D eigenvalue weighted by molar-refractivity contribution is 5.73. The van der Waals surface area contributed by atoms with Crippen molar-refractivity contribution in [1.29, 1.82) is 0 Å². The molecule has 0 saturated heterocycles. The summed E-state index contributed by atoms with van der Waals surface area (Å²) in [5, 5.41) is 13.6. The molecule has 0 aliphatic heterocycles. The Balaban J connectivity index is 1.94. The number of aliphatic hydroxyl groups excluding tert-OH is 1. The van der Waals surface area contributed by atoms with E-state index in [1.54, 1.807) is 10.9 Å². The van der Waals surface area contributed by atoms with E-state index in [1.165, 1.54) is 5.56 Å². The van der Waals surface area contributed by atoms with Gasteiger partial charge in [-0.25, -0.2) is 0 Å². The van der Waals surface area contributed by atoms with Gasteiger partial charge in [0.25, 0.3) is 0 Å². The van der Waals surface area contributed by atoms with Crippen LogP contribution in [0.25, 0.3) is 11.1 Å². The first-order valence-electron chi connectivity index (χ1n) is 6.15. The third kappa shape index (κ3) is 1.61. The summed E-state index contributed by atoms with van der Waals surface area (Å²) in [6, 6.07) is 8.28. The Morgan fingerprint density at radius 1 is 1.33 bits per heavy atom. The van der Waals surface area contributed by atoms with Gasteiger partial charge in [0, 0.05) is 18.0 Å². The number of nitrogen functional groups attached to an aromatic ring is 1. The maximum absolute atomic E-state index is 9.41. The van der Waals surface area contributed by atoms with Gasteiger partial charge in [0.15, 0.2) is 0 Å². The van der Waals surface area contributed by atoms with Crippen LogP contribution in [0, 0.1) is 0 Å². The number of nitrogens with zero attached hydrogens (tertiary/aromatic N) is 2. The Bertz CT molecular complexity index is 567. The zero-order chi connectivity index (χ0) is 12.8. The minimum atomic E-state index is 0.0268. The summed E-state index contributed by atoms with van der Waals surface area (Å²) in [5.41, 5.74) is 9.23. The van der Waals surface area contributed by atoms with Crippen LogP contribution in [0.4, 0.5) is 5.82 Å². The summed E-state index contributed by atoms with van der Waals surface area (Å²) in [7, 11) is 1.83. The normalized spacial score (nSPS) is 16.8. The number of hydrogen-bond acceptors (Lipinski definition) is 3. The number of anilines is 1. The van der Waals surface area contributed by atoms with Crippen molar-refractivity contribution in [1.82, 2.24) is 9.78 Å². The molecule has 18 heavy (non-hydrogen) atoms. The quantitative estimate of drug-likeness (QED) is 0.862. The van der Waals surface area contributed by atoms with Gasteiger partial charge in [-0.1, -0.05) is 24.3 Å². The van der Waals surface area contributed by atoms with E-state index in [-0.39, 0.29) is 12.0 Å². The molecule has 1 aliphatic rings. The van der Waals surface area contributed by atoms with E-state index >= 15 is 0 Å². The molecule has 1 saturated carbocycles. The maximum atomic E-state index is 9.41. The Morgan fingerprint density at radius 3 is 2.44 bits per heavy atom. The number of hydrogen-bond donors (Lipinski definition) is 2. The van der Waals surface area contributed by atoms with E-state index < -0.39 is 0 Å². The molecule has 3 rings (SSSR count). The number of benzene rings is 1. The Labute approximate surface area is 106 Å². The lowest BCUT2D eigenvalue weighted by Crippen LogP contribution is -2.11. The number of aromatic nitrogens is 2. The van der Waals surface area contributed by atoms with Gasteiger partial charge in [0.05, 0.1) is 12.8 Å². The van der Waals surface area contributed by atoms with Gasteiger partial charge >= 0.3 is 0 Å². The summed E-state index contributed by atoms with van der Waals surface area (Å²) in [6.07, 6.45) is 3.94. The maximum Gasteiger partial charge on any atom is 0.129 e. The second-order valence-corrected chi connectivity index (χ2v) is 5.08.